The van der Waals surface area contributed by atoms with Crippen molar-refractivity contribution in [2.75, 3.05) is 6.54 Å². The summed E-state index contributed by atoms with van der Waals surface area (Å²) in [5.41, 5.74) is 7.26. The van der Waals surface area contributed by atoms with Crippen LogP contribution in [-0.2, 0) is 6.42 Å². The number of nitrogens with two attached hydrogens (primary N) is 1. The van der Waals surface area contributed by atoms with Gasteiger partial charge in [0.15, 0.2) is 0 Å². The molecule has 2 nitrogen and oxygen atoms in total. The largest absolute Gasteiger partial charge is 0.330 e. The van der Waals surface area contributed by atoms with Gasteiger partial charge in [-0.15, -0.1) is 0 Å². The Labute approximate surface area is 71.4 Å². The normalized spacial score (nSPS) is 10.1. The van der Waals surface area contributed by atoms with E-state index in [4.69, 9.17) is 17.3 Å². The Morgan fingerprint density at radius 2 is 2.27 bits per heavy atom. The molecule has 1 rings (SSSR count). The molecule has 1 aromatic heterocycles. The van der Waals surface area contributed by atoms with E-state index in [-0.39, 0.29) is 0 Å². The summed E-state index contributed by atoms with van der Waals surface area (Å²) in [7, 11) is 0. The first kappa shape index (κ1) is 8.50. The van der Waals surface area contributed by atoms with E-state index in [0.717, 1.165) is 17.8 Å². The zero-order valence-electron chi connectivity index (χ0n) is 6.47. The lowest BCUT2D eigenvalue weighted by atomic mass is 10.2. The van der Waals surface area contributed by atoms with Crippen LogP contribution in [-0.4, -0.2) is 11.5 Å². The van der Waals surface area contributed by atoms with E-state index in [1.165, 1.54) is 0 Å². The number of aryl methyl sites for hydroxylation is 1. The highest BCUT2D eigenvalue weighted by Crippen LogP contribution is 2.12. The van der Waals surface area contributed by atoms with Gasteiger partial charge in [-0.2, -0.15) is 0 Å². The van der Waals surface area contributed by atoms with Crippen molar-refractivity contribution in [1.29, 1.82) is 0 Å². The molecule has 0 bridgehead atoms. The second-order valence-electron chi connectivity index (χ2n) is 2.41. The molecule has 0 spiro atoms. The highest BCUT2D eigenvalue weighted by molar-refractivity contribution is 6.31. The lowest BCUT2D eigenvalue weighted by Crippen LogP contribution is -2.04. The summed E-state index contributed by atoms with van der Waals surface area (Å²) in [6.07, 6.45) is 0.817. The first-order chi connectivity index (χ1) is 5.24. The maximum Gasteiger partial charge on any atom is 0.0618 e. The van der Waals surface area contributed by atoms with Crippen LogP contribution in [0.3, 0.4) is 0 Å². The lowest BCUT2D eigenvalue weighted by molar-refractivity contribution is 0.912. The second-order valence-corrected chi connectivity index (χ2v) is 2.82. The Kier molecular flexibility index (Phi) is 2.85. The van der Waals surface area contributed by atoms with Crippen molar-refractivity contribution >= 4 is 11.6 Å². The van der Waals surface area contributed by atoms with E-state index in [1.807, 2.05) is 19.1 Å². The van der Waals surface area contributed by atoms with Gasteiger partial charge in [0.25, 0.3) is 0 Å². The van der Waals surface area contributed by atoms with E-state index < -0.39 is 0 Å². The van der Waals surface area contributed by atoms with Gasteiger partial charge >= 0.3 is 0 Å². The first-order valence-corrected chi connectivity index (χ1v) is 3.94. The van der Waals surface area contributed by atoms with Crippen LogP contribution in [0.2, 0.25) is 5.02 Å². The molecule has 1 heterocycles. The minimum Gasteiger partial charge on any atom is -0.330 e. The van der Waals surface area contributed by atoms with Crippen molar-refractivity contribution in [2.24, 2.45) is 5.73 Å². The zero-order valence-corrected chi connectivity index (χ0v) is 7.23. The highest BCUT2D eigenvalue weighted by Gasteiger charge is 1.97. The number of hydrogen-bond acceptors (Lipinski definition) is 2. The van der Waals surface area contributed by atoms with Crippen molar-refractivity contribution in [3.8, 4) is 0 Å². The smallest absolute Gasteiger partial charge is 0.0618 e. The van der Waals surface area contributed by atoms with Crippen LogP contribution in [0.15, 0.2) is 12.1 Å². The van der Waals surface area contributed by atoms with Gasteiger partial charge in [-0.25, -0.2) is 0 Å². The van der Waals surface area contributed by atoms with Gasteiger partial charge in [0.2, 0.25) is 0 Å². The maximum atomic E-state index is 5.79. The molecular weight excluding hydrogens is 160 g/mol. The zero-order chi connectivity index (χ0) is 8.27. The van der Waals surface area contributed by atoms with Crippen LogP contribution in [0.25, 0.3) is 0 Å². The van der Waals surface area contributed by atoms with Gasteiger partial charge in [-0.1, -0.05) is 11.6 Å². The minimum absolute atomic E-state index is 0.633. The van der Waals surface area contributed by atoms with Crippen LogP contribution in [0.4, 0.5) is 0 Å². The first-order valence-electron chi connectivity index (χ1n) is 3.56. The van der Waals surface area contributed by atoms with Gasteiger partial charge in [0.05, 0.1) is 10.7 Å². The average molecular weight is 171 g/mol. The summed E-state index contributed by atoms with van der Waals surface area (Å²) in [5, 5.41) is 0.714. The molecule has 3 heteroatoms. The molecule has 0 aromatic carbocycles. The van der Waals surface area contributed by atoms with Gasteiger partial charge < -0.3 is 5.73 Å². The third kappa shape index (κ3) is 2.17. The number of pyridine rings is 1. The Bertz CT molecular complexity index is 248. The minimum atomic E-state index is 0.633. The molecule has 0 atom stereocenters. The SMILES string of the molecule is Cc1nc(CCN)ccc1Cl. The molecule has 0 aliphatic rings. The van der Waals surface area contributed by atoms with Crippen molar-refractivity contribution < 1.29 is 0 Å². The van der Waals surface area contributed by atoms with Gasteiger partial charge in [-0.3, -0.25) is 4.98 Å². The molecule has 0 saturated carbocycles. The average Bonchev–Trinajstić information content (AvgIpc) is 1.98. The van der Waals surface area contributed by atoms with Crippen LogP contribution in [0.5, 0.6) is 0 Å². The van der Waals surface area contributed by atoms with Crippen LogP contribution in [0, 0.1) is 6.92 Å². The summed E-state index contributed by atoms with van der Waals surface area (Å²) in [6, 6.07) is 3.76. The van der Waals surface area contributed by atoms with E-state index in [1.54, 1.807) is 0 Å². The van der Waals surface area contributed by atoms with Crippen LogP contribution < -0.4 is 5.73 Å². The molecule has 0 aliphatic heterocycles. The molecule has 0 aliphatic carbocycles. The monoisotopic (exact) mass is 170 g/mol. The molecule has 0 fully saturated rings. The van der Waals surface area contributed by atoms with Gasteiger partial charge in [-0.05, 0) is 25.6 Å². The van der Waals surface area contributed by atoms with Crippen LogP contribution in [0.1, 0.15) is 11.4 Å². The molecule has 0 radical (unpaired) electrons. The summed E-state index contributed by atoms with van der Waals surface area (Å²) >= 11 is 5.79. The third-order valence-corrected chi connectivity index (χ3v) is 1.88. The summed E-state index contributed by atoms with van der Waals surface area (Å²) in [6.45, 7) is 2.52. The quantitative estimate of drug-likeness (QED) is 0.732. The number of aromatic nitrogens is 1. The lowest BCUT2D eigenvalue weighted by Gasteiger charge is -2.00. The Morgan fingerprint density at radius 1 is 1.55 bits per heavy atom. The fourth-order valence-electron chi connectivity index (χ4n) is 0.883. The summed E-state index contributed by atoms with van der Waals surface area (Å²) in [5.74, 6) is 0. The Balaban J connectivity index is 2.86. The summed E-state index contributed by atoms with van der Waals surface area (Å²) in [4.78, 5) is 4.25. The molecular formula is C8H11ClN2. The molecule has 2 N–H and O–H groups in total. The van der Waals surface area contributed by atoms with Crippen molar-refractivity contribution in [3.05, 3.63) is 28.5 Å². The van der Waals surface area contributed by atoms with Gasteiger partial charge in [0, 0.05) is 12.1 Å². The topological polar surface area (TPSA) is 38.9 Å². The van der Waals surface area contributed by atoms with Gasteiger partial charge in [0.1, 0.15) is 0 Å². The highest BCUT2D eigenvalue weighted by atomic mass is 35.5. The van der Waals surface area contributed by atoms with E-state index in [0.29, 0.717) is 11.6 Å². The van der Waals surface area contributed by atoms with E-state index in [9.17, 15) is 0 Å². The Morgan fingerprint density at radius 3 is 2.82 bits per heavy atom. The molecule has 0 amide bonds. The maximum absolute atomic E-state index is 5.79. The molecule has 1 aromatic rings. The van der Waals surface area contributed by atoms with Crippen molar-refractivity contribution in [3.63, 3.8) is 0 Å². The van der Waals surface area contributed by atoms with Crippen molar-refractivity contribution in [1.82, 2.24) is 4.98 Å². The third-order valence-electron chi connectivity index (χ3n) is 1.48. The van der Waals surface area contributed by atoms with Crippen molar-refractivity contribution in [2.45, 2.75) is 13.3 Å². The molecule has 60 valence electrons. The number of halogens is 1. The molecule has 11 heavy (non-hydrogen) atoms. The fourth-order valence-corrected chi connectivity index (χ4v) is 0.988. The van der Waals surface area contributed by atoms with E-state index >= 15 is 0 Å². The molecule has 0 saturated heterocycles. The van der Waals surface area contributed by atoms with E-state index in [2.05, 4.69) is 4.98 Å². The number of hydrogen-bond donors (Lipinski definition) is 1. The van der Waals surface area contributed by atoms with Crippen LogP contribution >= 0.6 is 11.6 Å². The number of rotatable bonds is 2. The standard InChI is InChI=1S/C8H11ClN2/c1-6-8(9)3-2-7(11-6)4-5-10/h2-3H,4-5,10H2,1H3. The Hall–Kier alpha value is -0.600. The number of nitrogens with zero attached hydrogens (tertiary/aromatic N) is 1. The predicted molar refractivity (Wildman–Crippen MR) is 46.7 cm³/mol. The second kappa shape index (κ2) is 3.69. The fraction of sp³-hybridized carbons (Fsp3) is 0.375. The predicted octanol–water partition coefficient (Wildman–Crippen LogP) is 1.54. The summed E-state index contributed by atoms with van der Waals surface area (Å²) < 4.78 is 0. The molecule has 0 unspecified atom stereocenters.